The quantitative estimate of drug-likeness (QED) is 0.666. The highest BCUT2D eigenvalue weighted by Crippen LogP contribution is 2.02. The van der Waals surface area contributed by atoms with Gasteiger partial charge in [0, 0.05) is 17.5 Å². The van der Waals surface area contributed by atoms with Crippen molar-refractivity contribution in [1.29, 1.82) is 0 Å². The summed E-state index contributed by atoms with van der Waals surface area (Å²) in [4.78, 5) is 10.8. The maximum atomic E-state index is 10.8. The van der Waals surface area contributed by atoms with Crippen molar-refractivity contribution >= 4 is 5.91 Å². The predicted molar refractivity (Wildman–Crippen MR) is 53.5 cm³/mol. The largest absolute Gasteiger partial charge is 0.395 e. The van der Waals surface area contributed by atoms with E-state index in [1.54, 1.807) is 24.3 Å². The Morgan fingerprint density at radius 2 is 2.29 bits per heavy atom. The van der Waals surface area contributed by atoms with Crippen LogP contribution in [-0.2, 0) is 0 Å². The average molecular weight is 189 g/mol. The summed E-state index contributed by atoms with van der Waals surface area (Å²) in [6.07, 6.45) is 0.431. The molecule has 0 spiro atoms. The van der Waals surface area contributed by atoms with Crippen molar-refractivity contribution in [3.05, 3.63) is 35.4 Å². The van der Waals surface area contributed by atoms with E-state index >= 15 is 0 Å². The van der Waals surface area contributed by atoms with Gasteiger partial charge in [-0.05, 0) is 18.2 Å². The molecule has 3 nitrogen and oxygen atoms in total. The topological polar surface area (TPSA) is 63.3 Å². The van der Waals surface area contributed by atoms with Crippen LogP contribution in [0.25, 0.3) is 0 Å². The standard InChI is InChI=1S/C11H11NO2/c12-11(14)10-6-3-5-9(8-10)4-1-2-7-13/h3,5-6,8,13H,2,7H2,(H2,12,14). The zero-order chi connectivity index (χ0) is 10.4. The third-order valence-electron chi connectivity index (χ3n) is 1.62. The number of amides is 1. The van der Waals surface area contributed by atoms with Crippen LogP contribution in [0.1, 0.15) is 22.3 Å². The number of carbonyl (C=O) groups is 1. The molecule has 0 aliphatic rings. The molecule has 0 aliphatic heterocycles. The van der Waals surface area contributed by atoms with Gasteiger partial charge in [-0.3, -0.25) is 4.79 Å². The number of aliphatic hydroxyl groups is 1. The smallest absolute Gasteiger partial charge is 0.248 e. The van der Waals surface area contributed by atoms with Gasteiger partial charge in [-0.15, -0.1) is 0 Å². The Hall–Kier alpha value is -1.79. The number of benzene rings is 1. The SMILES string of the molecule is NC(=O)c1cccc(C#CCCO)c1. The molecule has 0 aliphatic carbocycles. The first-order chi connectivity index (χ1) is 6.74. The van der Waals surface area contributed by atoms with Crippen molar-refractivity contribution < 1.29 is 9.90 Å². The van der Waals surface area contributed by atoms with Crippen molar-refractivity contribution in [3.63, 3.8) is 0 Å². The van der Waals surface area contributed by atoms with Crippen molar-refractivity contribution in [3.8, 4) is 11.8 Å². The molecular weight excluding hydrogens is 178 g/mol. The molecule has 3 N–H and O–H groups in total. The number of rotatable bonds is 2. The molecule has 72 valence electrons. The lowest BCUT2D eigenvalue weighted by Gasteiger charge is -1.94. The van der Waals surface area contributed by atoms with Gasteiger partial charge in [0.15, 0.2) is 0 Å². The van der Waals surface area contributed by atoms with Gasteiger partial charge < -0.3 is 10.8 Å². The average Bonchev–Trinajstić information content (AvgIpc) is 2.19. The molecule has 1 amide bonds. The minimum absolute atomic E-state index is 0.0442. The van der Waals surface area contributed by atoms with Gasteiger partial charge >= 0.3 is 0 Å². The highest BCUT2D eigenvalue weighted by molar-refractivity contribution is 5.93. The van der Waals surface area contributed by atoms with Gasteiger partial charge in [-0.1, -0.05) is 17.9 Å². The van der Waals surface area contributed by atoms with Crippen LogP contribution in [0.4, 0.5) is 0 Å². The second-order valence-corrected chi connectivity index (χ2v) is 2.72. The first-order valence-corrected chi connectivity index (χ1v) is 4.23. The number of nitrogens with two attached hydrogens (primary N) is 1. The number of carbonyl (C=O) groups excluding carboxylic acids is 1. The highest BCUT2D eigenvalue weighted by atomic mass is 16.2. The Bertz CT molecular complexity index is 388. The summed E-state index contributed by atoms with van der Waals surface area (Å²) in [6, 6.07) is 6.78. The van der Waals surface area contributed by atoms with E-state index in [2.05, 4.69) is 11.8 Å². The van der Waals surface area contributed by atoms with Gasteiger partial charge in [-0.25, -0.2) is 0 Å². The van der Waals surface area contributed by atoms with Crippen LogP contribution in [0.15, 0.2) is 24.3 Å². The van der Waals surface area contributed by atoms with Crippen molar-refractivity contribution in [2.45, 2.75) is 6.42 Å². The minimum Gasteiger partial charge on any atom is -0.395 e. The summed E-state index contributed by atoms with van der Waals surface area (Å²) in [5, 5.41) is 8.51. The molecule has 0 heterocycles. The minimum atomic E-state index is -0.462. The van der Waals surface area contributed by atoms with E-state index in [0.717, 1.165) is 5.56 Å². The van der Waals surface area contributed by atoms with Gasteiger partial charge in [0.1, 0.15) is 0 Å². The Morgan fingerprint density at radius 3 is 2.93 bits per heavy atom. The molecule has 1 aromatic carbocycles. The third kappa shape index (κ3) is 2.92. The van der Waals surface area contributed by atoms with Crippen LogP contribution in [0.5, 0.6) is 0 Å². The lowest BCUT2D eigenvalue weighted by Crippen LogP contribution is -2.10. The lowest BCUT2D eigenvalue weighted by atomic mass is 10.1. The zero-order valence-corrected chi connectivity index (χ0v) is 7.66. The molecule has 0 saturated heterocycles. The van der Waals surface area contributed by atoms with E-state index in [-0.39, 0.29) is 6.61 Å². The van der Waals surface area contributed by atoms with Gasteiger partial charge in [0.25, 0.3) is 0 Å². The van der Waals surface area contributed by atoms with E-state index in [4.69, 9.17) is 10.8 Å². The van der Waals surface area contributed by atoms with Gasteiger partial charge in [0.2, 0.25) is 5.91 Å². The van der Waals surface area contributed by atoms with Crippen LogP contribution < -0.4 is 5.73 Å². The molecule has 0 aromatic heterocycles. The molecule has 0 atom stereocenters. The fourth-order valence-electron chi connectivity index (χ4n) is 0.971. The van der Waals surface area contributed by atoms with Crippen LogP contribution in [-0.4, -0.2) is 17.6 Å². The van der Waals surface area contributed by atoms with E-state index < -0.39 is 5.91 Å². The van der Waals surface area contributed by atoms with Crippen molar-refractivity contribution in [1.82, 2.24) is 0 Å². The molecule has 14 heavy (non-hydrogen) atoms. The highest BCUT2D eigenvalue weighted by Gasteiger charge is 1.98. The first-order valence-electron chi connectivity index (χ1n) is 4.23. The second kappa shape index (κ2) is 5.05. The monoisotopic (exact) mass is 189 g/mol. The lowest BCUT2D eigenvalue weighted by molar-refractivity contribution is 0.100. The van der Waals surface area contributed by atoms with Crippen LogP contribution in [0, 0.1) is 11.8 Å². The normalized spacial score (nSPS) is 8.93. The number of hydrogen-bond donors (Lipinski definition) is 2. The Labute approximate surface area is 82.6 Å². The van der Waals surface area contributed by atoms with Crippen LogP contribution in [0.2, 0.25) is 0 Å². The summed E-state index contributed by atoms with van der Waals surface area (Å²) < 4.78 is 0. The molecule has 0 fully saturated rings. The Kier molecular flexibility index (Phi) is 3.71. The summed E-state index contributed by atoms with van der Waals surface area (Å²) in [5.41, 5.74) is 6.29. The molecule has 0 radical (unpaired) electrons. The molecule has 3 heteroatoms. The van der Waals surface area contributed by atoms with Crippen molar-refractivity contribution in [2.24, 2.45) is 5.73 Å². The molecule has 0 bridgehead atoms. The number of hydrogen-bond acceptors (Lipinski definition) is 2. The summed E-state index contributed by atoms with van der Waals surface area (Å²) >= 11 is 0. The predicted octanol–water partition coefficient (Wildman–Crippen LogP) is 0.519. The van der Waals surface area contributed by atoms with E-state index in [9.17, 15) is 4.79 Å². The molecular formula is C11H11NO2. The summed E-state index contributed by atoms with van der Waals surface area (Å²) in [5.74, 6) is 5.13. The zero-order valence-electron chi connectivity index (χ0n) is 7.66. The molecule has 0 unspecified atom stereocenters. The fourth-order valence-corrected chi connectivity index (χ4v) is 0.971. The van der Waals surface area contributed by atoms with Crippen molar-refractivity contribution in [2.75, 3.05) is 6.61 Å². The van der Waals surface area contributed by atoms with E-state index in [1.807, 2.05) is 0 Å². The van der Waals surface area contributed by atoms with Crippen LogP contribution in [0.3, 0.4) is 0 Å². The molecule has 0 saturated carbocycles. The van der Waals surface area contributed by atoms with Gasteiger partial charge in [0.05, 0.1) is 6.61 Å². The Balaban J connectivity index is 2.85. The third-order valence-corrected chi connectivity index (χ3v) is 1.62. The number of primary amides is 1. The van der Waals surface area contributed by atoms with Gasteiger partial charge in [-0.2, -0.15) is 0 Å². The molecule has 1 rings (SSSR count). The fraction of sp³-hybridized carbons (Fsp3) is 0.182. The first kappa shape index (κ1) is 10.3. The summed E-state index contributed by atoms with van der Waals surface area (Å²) in [7, 11) is 0. The van der Waals surface area contributed by atoms with E-state index in [1.165, 1.54) is 0 Å². The molecule has 1 aromatic rings. The maximum absolute atomic E-state index is 10.8. The van der Waals surface area contributed by atoms with E-state index in [0.29, 0.717) is 12.0 Å². The second-order valence-electron chi connectivity index (χ2n) is 2.72. The maximum Gasteiger partial charge on any atom is 0.248 e. The Morgan fingerprint density at radius 1 is 1.50 bits per heavy atom. The summed E-state index contributed by atoms with van der Waals surface area (Å²) in [6.45, 7) is 0.0442. The number of aliphatic hydroxyl groups excluding tert-OH is 1. The van der Waals surface area contributed by atoms with Crippen LogP contribution >= 0.6 is 0 Å².